The Bertz CT molecular complexity index is 2690. The number of carbonyl (C=O) groups excluding carboxylic acids is 1. The van der Waals surface area contributed by atoms with Crippen molar-refractivity contribution in [1.82, 2.24) is 19.6 Å². The average Bonchev–Trinajstić information content (AvgIpc) is 4.03. The molecule has 14 nitrogen and oxygen atoms in total. The fourth-order valence-electron chi connectivity index (χ4n) is 10.8. The van der Waals surface area contributed by atoms with Gasteiger partial charge in [0.25, 0.3) is 21.6 Å². The summed E-state index contributed by atoms with van der Waals surface area (Å²) in [4.78, 5) is 39.1. The molecule has 16 heteroatoms. The summed E-state index contributed by atoms with van der Waals surface area (Å²) in [6.45, 7) is 8.14. The number of aromatic amines is 1. The Morgan fingerprint density at radius 3 is 2.61 bits per heavy atom. The second-order valence-corrected chi connectivity index (χ2v) is 19.7. The van der Waals surface area contributed by atoms with Crippen molar-refractivity contribution in [2.45, 2.75) is 94.2 Å². The number of ether oxygens (including phenoxy) is 2. The van der Waals surface area contributed by atoms with Crippen LogP contribution in [-0.2, 0) is 10.0 Å². The van der Waals surface area contributed by atoms with Crippen LogP contribution in [0.1, 0.15) is 98.7 Å². The van der Waals surface area contributed by atoms with Crippen molar-refractivity contribution < 1.29 is 32.0 Å². The minimum atomic E-state index is -4.65. The second-order valence-electron chi connectivity index (χ2n) is 18.0. The van der Waals surface area contributed by atoms with Crippen LogP contribution < -0.4 is 24.0 Å². The minimum Gasteiger partial charge on any atom is -0.489 e. The Morgan fingerprint density at radius 2 is 1.82 bits per heavy atom. The summed E-state index contributed by atoms with van der Waals surface area (Å²) in [7, 11) is -4.65. The van der Waals surface area contributed by atoms with Crippen LogP contribution in [-0.4, -0.2) is 79.0 Å². The number of nitro benzene ring substituents is 1. The highest BCUT2D eigenvalue weighted by molar-refractivity contribution is 7.90. The number of fused-ring (bicyclic) bond motifs is 4. The van der Waals surface area contributed by atoms with E-state index in [1.54, 1.807) is 12.1 Å². The third kappa shape index (κ3) is 7.20. The lowest BCUT2D eigenvalue weighted by Gasteiger charge is -2.56. The van der Waals surface area contributed by atoms with Crippen LogP contribution in [0.25, 0.3) is 11.0 Å². The fourth-order valence-corrected chi connectivity index (χ4v) is 11.8. The topological polar surface area (TPSA) is 163 Å². The number of carbonyl (C=O) groups is 1. The zero-order valence-corrected chi connectivity index (χ0v) is 35.6. The number of rotatable bonds is 10. The predicted octanol–water partition coefficient (Wildman–Crippen LogP) is 8.59. The Labute approximate surface area is 359 Å². The normalized spacial score (nSPS) is 21.2. The molecule has 0 bridgehead atoms. The number of benzene rings is 3. The first-order chi connectivity index (χ1) is 29.9. The maximum absolute atomic E-state index is 14.6. The number of aromatic nitrogens is 2. The van der Waals surface area contributed by atoms with Crippen LogP contribution in [0.4, 0.5) is 21.5 Å². The number of pyridine rings is 1. The number of H-pyrrole nitrogens is 1. The summed E-state index contributed by atoms with van der Waals surface area (Å²) in [5, 5.41) is 12.4. The molecule has 1 saturated carbocycles. The zero-order valence-electron chi connectivity index (χ0n) is 34.8. The number of sulfonamides is 1. The molecule has 6 heterocycles. The van der Waals surface area contributed by atoms with Gasteiger partial charge >= 0.3 is 0 Å². The van der Waals surface area contributed by atoms with E-state index >= 15 is 0 Å². The summed E-state index contributed by atoms with van der Waals surface area (Å²) < 4.78 is 56.5. The van der Waals surface area contributed by atoms with E-state index in [1.807, 2.05) is 4.90 Å². The molecule has 0 radical (unpaired) electrons. The lowest BCUT2D eigenvalue weighted by atomic mass is 9.59. The molecule has 4 aliphatic heterocycles. The Balaban J connectivity index is 0.882. The monoisotopic (exact) mass is 863 g/mol. The third-order valence-corrected chi connectivity index (χ3v) is 15.3. The molecule has 5 aliphatic rings. The van der Waals surface area contributed by atoms with Gasteiger partial charge in [0.05, 0.1) is 33.0 Å². The van der Waals surface area contributed by atoms with Gasteiger partial charge in [0.15, 0.2) is 11.4 Å². The molecule has 4 fully saturated rings. The van der Waals surface area contributed by atoms with Crippen LogP contribution in [0.2, 0.25) is 0 Å². The molecule has 3 saturated heterocycles. The molecule has 2 N–H and O–H groups in total. The Morgan fingerprint density at radius 1 is 1.03 bits per heavy atom. The average molecular weight is 864 g/mol. The van der Waals surface area contributed by atoms with Crippen LogP contribution >= 0.6 is 0 Å². The molecular formula is C46H50FN7O7S. The van der Waals surface area contributed by atoms with Gasteiger partial charge in [-0.1, -0.05) is 38.1 Å². The molecule has 5 aromatic rings. The Hall–Kier alpha value is -5.74. The van der Waals surface area contributed by atoms with E-state index in [0.29, 0.717) is 30.2 Å². The van der Waals surface area contributed by atoms with E-state index in [4.69, 9.17) is 9.47 Å². The molecule has 1 amide bonds. The summed E-state index contributed by atoms with van der Waals surface area (Å²) in [5.41, 5.74) is 4.03. The second kappa shape index (κ2) is 15.6. The van der Waals surface area contributed by atoms with Crippen molar-refractivity contribution in [3.8, 4) is 17.2 Å². The molecular weight excluding hydrogens is 814 g/mol. The van der Waals surface area contributed by atoms with E-state index in [0.717, 1.165) is 57.1 Å². The van der Waals surface area contributed by atoms with Gasteiger partial charge in [0.1, 0.15) is 29.6 Å². The SMILES string of the molecule is CC(C)c1ccccc1[C@@H]1CCCN1C1CC2(CCN(c3ccc(C(=O)NS(=O)(=O)c4cc5c(c([N+](=O)[O-])c4)N4CCC[C@H]4CO5)c(Oc4cnc5[nH]cc(F)c5c4)c3)CC2)C1. The van der Waals surface area contributed by atoms with Crippen molar-refractivity contribution in [3.05, 3.63) is 106 Å². The standard InChI is InChI=1S/C46H50FN7O7S/c1-28(2)34-8-3-4-9-35(34)39-10-6-15-52(39)31-23-46(24-31)13-17-51(18-14-46)29-11-12-36(41(19-29)61-32-20-37-38(47)26-49-44(37)48-25-32)45(55)50-62(58,59)33-21-40(54(56)57)43-42(22-33)60-27-30-7-5-16-53(30)43/h3-4,8-9,11-12,19-22,25-26,28,30-31,39H,5-7,10,13-18,23-24,27H2,1-2H3,(H,48,49)(H,50,55)/t30-,39-/m0/s1. The molecule has 62 heavy (non-hydrogen) atoms. The van der Waals surface area contributed by atoms with Gasteiger partial charge in [0, 0.05) is 61.8 Å². The summed E-state index contributed by atoms with van der Waals surface area (Å²) in [6, 6.07) is 18.6. The summed E-state index contributed by atoms with van der Waals surface area (Å²) in [5.74, 6) is -0.800. The van der Waals surface area contributed by atoms with Crippen LogP contribution in [0.15, 0.2) is 78.0 Å². The van der Waals surface area contributed by atoms with Crippen LogP contribution in [0, 0.1) is 21.3 Å². The zero-order chi connectivity index (χ0) is 42.9. The van der Waals surface area contributed by atoms with E-state index < -0.39 is 37.3 Å². The fraction of sp³-hybridized carbons (Fsp3) is 0.435. The van der Waals surface area contributed by atoms with Gasteiger partial charge in [-0.15, -0.1) is 0 Å². The quantitative estimate of drug-likeness (QED) is 0.102. The van der Waals surface area contributed by atoms with Gasteiger partial charge in [-0.2, -0.15) is 0 Å². The van der Waals surface area contributed by atoms with Gasteiger partial charge < -0.3 is 24.3 Å². The number of amides is 1. The molecule has 324 valence electrons. The van der Waals surface area contributed by atoms with Crippen molar-refractivity contribution in [3.63, 3.8) is 0 Å². The first-order valence-electron chi connectivity index (χ1n) is 21.7. The van der Waals surface area contributed by atoms with Crippen molar-refractivity contribution in [2.24, 2.45) is 5.41 Å². The lowest BCUT2D eigenvalue weighted by molar-refractivity contribution is -0.384. The first-order valence-corrected chi connectivity index (χ1v) is 23.2. The van der Waals surface area contributed by atoms with Gasteiger partial charge in [0.2, 0.25) is 0 Å². The van der Waals surface area contributed by atoms with E-state index in [2.05, 4.69) is 62.6 Å². The summed E-state index contributed by atoms with van der Waals surface area (Å²) >= 11 is 0. The number of nitrogens with zero attached hydrogens (tertiary/aromatic N) is 5. The molecule has 2 atom stereocenters. The van der Waals surface area contributed by atoms with Gasteiger partial charge in [-0.25, -0.2) is 22.5 Å². The van der Waals surface area contributed by atoms with Crippen LogP contribution in [0.3, 0.4) is 0 Å². The molecule has 10 rings (SSSR count). The molecule has 1 aliphatic carbocycles. The highest BCUT2D eigenvalue weighted by Crippen LogP contribution is 2.54. The number of hydrogen-bond donors (Lipinski definition) is 2. The van der Waals surface area contributed by atoms with E-state index in [1.165, 1.54) is 67.4 Å². The van der Waals surface area contributed by atoms with Gasteiger partial charge in [-0.05, 0) is 98.6 Å². The maximum atomic E-state index is 14.6. The molecule has 1 spiro atoms. The number of nitrogens with one attached hydrogen (secondary N) is 2. The minimum absolute atomic E-state index is 0.0301. The highest BCUT2D eigenvalue weighted by Gasteiger charge is 2.50. The van der Waals surface area contributed by atoms with Crippen molar-refractivity contribution in [1.29, 1.82) is 0 Å². The van der Waals surface area contributed by atoms with Crippen molar-refractivity contribution in [2.75, 3.05) is 42.6 Å². The third-order valence-electron chi connectivity index (χ3n) is 14.0. The van der Waals surface area contributed by atoms with E-state index in [-0.39, 0.29) is 51.9 Å². The molecule has 2 aromatic heterocycles. The number of halogens is 1. The number of piperidine rings is 1. The number of nitro groups is 1. The number of likely N-dealkylation sites (tertiary alicyclic amines) is 1. The Kier molecular flexibility index (Phi) is 10.1. The molecule has 0 unspecified atom stereocenters. The summed E-state index contributed by atoms with van der Waals surface area (Å²) in [6.07, 6.45) is 11.0. The van der Waals surface area contributed by atoms with Crippen molar-refractivity contribution >= 4 is 44.0 Å². The number of anilines is 2. The number of hydrogen-bond acceptors (Lipinski definition) is 11. The lowest BCUT2D eigenvalue weighted by Crippen LogP contribution is -2.54. The predicted molar refractivity (Wildman–Crippen MR) is 232 cm³/mol. The first kappa shape index (κ1) is 40.3. The van der Waals surface area contributed by atoms with Crippen LogP contribution in [0.5, 0.6) is 17.2 Å². The van der Waals surface area contributed by atoms with E-state index in [9.17, 15) is 27.7 Å². The highest BCUT2D eigenvalue weighted by atomic mass is 32.2. The smallest absolute Gasteiger partial charge is 0.297 e. The maximum Gasteiger partial charge on any atom is 0.297 e. The van der Waals surface area contributed by atoms with Gasteiger partial charge in [-0.3, -0.25) is 19.8 Å². The largest absolute Gasteiger partial charge is 0.489 e. The molecule has 3 aromatic carbocycles.